The molecule has 8 bridgehead atoms. The summed E-state index contributed by atoms with van der Waals surface area (Å²) < 4.78 is 66.1. The maximum absolute atomic E-state index is 7.32. The lowest BCUT2D eigenvalue weighted by Gasteiger charge is -2.43. The minimum atomic E-state index is -0.221. The minimum Gasteiger partial charge on any atom is -0.491 e. The molecule has 74 heavy (non-hydrogen) atoms. The Morgan fingerprint density at radius 1 is 0.230 bits per heavy atom. The van der Waals surface area contributed by atoms with E-state index in [2.05, 4.69) is 83.1 Å². The summed E-state index contributed by atoms with van der Waals surface area (Å²) in [7, 11) is 0. The summed E-state index contributed by atoms with van der Waals surface area (Å²) in [5.41, 5.74) is 14.5. The first kappa shape index (κ1) is 53.3. The van der Waals surface area contributed by atoms with Crippen LogP contribution in [-0.4, -0.2) is 106 Å². The summed E-state index contributed by atoms with van der Waals surface area (Å²) in [6.45, 7) is 36.0. The van der Waals surface area contributed by atoms with E-state index < -0.39 is 0 Å². The predicted molar refractivity (Wildman–Crippen MR) is 295 cm³/mol. The van der Waals surface area contributed by atoms with Crippen LogP contribution in [0.3, 0.4) is 0 Å². The van der Waals surface area contributed by atoms with Crippen molar-refractivity contribution in [1.29, 1.82) is 0 Å². The Kier molecular flexibility index (Phi) is 15.0. The highest BCUT2D eigenvalue weighted by atomic mass is 32.2. The van der Waals surface area contributed by atoms with Gasteiger partial charge in [0.15, 0.2) is 0 Å². The summed E-state index contributed by atoms with van der Waals surface area (Å²) in [6, 6.07) is 0. The third-order valence-corrected chi connectivity index (χ3v) is 20.1. The van der Waals surface area contributed by atoms with Crippen molar-refractivity contribution in [1.82, 2.24) is 0 Å². The maximum Gasteiger partial charge on any atom is 0.128 e. The Hall–Kier alpha value is -2.76. The second-order valence-corrected chi connectivity index (χ2v) is 28.5. The smallest absolute Gasteiger partial charge is 0.128 e. The van der Waals surface area contributed by atoms with Gasteiger partial charge in [0, 0.05) is 109 Å². The average Bonchev–Trinajstić information content (AvgIpc) is 3.31. The summed E-state index contributed by atoms with van der Waals surface area (Å²) >= 11 is 7.82. The molecule has 400 valence electrons. The van der Waals surface area contributed by atoms with Crippen LogP contribution in [0, 0.1) is 0 Å². The van der Waals surface area contributed by atoms with Crippen molar-refractivity contribution in [2.75, 3.05) is 106 Å². The fourth-order valence-corrected chi connectivity index (χ4v) is 19.3. The van der Waals surface area contributed by atoms with E-state index in [1.54, 1.807) is 0 Å². The van der Waals surface area contributed by atoms with E-state index in [4.69, 9.17) is 47.4 Å². The Labute approximate surface area is 456 Å². The van der Waals surface area contributed by atoms with Crippen LogP contribution in [0.2, 0.25) is 0 Å². The highest BCUT2D eigenvalue weighted by Crippen LogP contribution is 2.67. The van der Waals surface area contributed by atoms with E-state index in [0.717, 1.165) is 23.0 Å². The van der Waals surface area contributed by atoms with E-state index in [-0.39, 0.29) is 21.7 Å². The fourth-order valence-electron chi connectivity index (χ4n) is 11.8. The number of rotatable bonds is 0. The van der Waals surface area contributed by atoms with Gasteiger partial charge in [-0.3, -0.25) is 0 Å². The van der Waals surface area contributed by atoms with E-state index in [0.29, 0.717) is 131 Å². The molecule has 0 spiro atoms. The third-order valence-electron chi connectivity index (χ3n) is 14.8. The normalized spacial score (nSPS) is 19.5. The molecule has 0 unspecified atom stereocenters. The van der Waals surface area contributed by atoms with Gasteiger partial charge in [-0.25, -0.2) is 0 Å². The van der Waals surface area contributed by atoms with E-state index in [9.17, 15) is 0 Å². The van der Waals surface area contributed by atoms with Gasteiger partial charge in [0.05, 0.1) is 79.3 Å². The van der Waals surface area contributed by atoms with E-state index >= 15 is 0 Å². The second-order valence-electron chi connectivity index (χ2n) is 24.5. The Bertz CT molecular complexity index is 2360. The molecule has 0 saturated carbocycles. The van der Waals surface area contributed by atoms with Gasteiger partial charge in [-0.15, -0.1) is 0 Å². The number of hydrogen-bond acceptors (Lipinski definition) is 14. The zero-order chi connectivity index (χ0) is 51.9. The lowest BCUT2D eigenvalue weighted by Crippen LogP contribution is -2.28. The topological polar surface area (TPSA) is 92.3 Å². The zero-order valence-corrected chi connectivity index (χ0v) is 49.1. The molecular weight excluding hydrogens is 1010 g/mol. The van der Waals surface area contributed by atoms with Gasteiger partial charge in [-0.05, 0) is 43.9 Å². The first-order chi connectivity index (χ1) is 35.3. The monoisotopic (exact) mass is 1080 g/mol. The molecule has 6 aliphatic rings. The van der Waals surface area contributed by atoms with Crippen LogP contribution in [0.1, 0.15) is 150 Å². The number of benzene rings is 4. The van der Waals surface area contributed by atoms with E-state index in [1.165, 1.54) is 106 Å². The lowest BCUT2D eigenvalue weighted by molar-refractivity contribution is 0.00455. The van der Waals surface area contributed by atoms with Crippen LogP contribution < -0.4 is 18.9 Å². The van der Waals surface area contributed by atoms with Gasteiger partial charge in [-0.1, -0.05) is 130 Å². The molecule has 0 aromatic heterocycles. The van der Waals surface area contributed by atoms with Crippen LogP contribution in [0.5, 0.6) is 23.0 Å². The maximum atomic E-state index is 7.32. The number of hydrogen-bond donors (Lipinski definition) is 0. The molecular formula is C60H76O10S4. The lowest BCUT2D eigenvalue weighted by atomic mass is 9.78. The van der Waals surface area contributed by atoms with Crippen LogP contribution in [-0.2, 0) is 75.8 Å². The Morgan fingerprint density at radius 2 is 0.378 bits per heavy atom. The quantitative estimate of drug-likeness (QED) is 0.144. The predicted octanol–water partition coefficient (Wildman–Crippen LogP) is 13.1. The van der Waals surface area contributed by atoms with Gasteiger partial charge in [0.2, 0.25) is 0 Å². The van der Waals surface area contributed by atoms with Crippen molar-refractivity contribution in [2.24, 2.45) is 0 Å². The molecule has 10 nitrogen and oxygen atoms in total. The minimum absolute atomic E-state index is 0.221. The molecule has 0 atom stereocenters. The van der Waals surface area contributed by atoms with E-state index in [1.807, 2.05) is 47.0 Å². The molecule has 0 N–H and O–H groups in total. The van der Waals surface area contributed by atoms with Crippen molar-refractivity contribution in [3.05, 3.63) is 66.8 Å². The number of fused-ring (bicyclic) bond motifs is 4. The molecule has 0 saturated heterocycles. The van der Waals surface area contributed by atoms with Crippen LogP contribution in [0.25, 0.3) is 0 Å². The molecule has 14 heteroatoms. The third kappa shape index (κ3) is 9.82. The van der Waals surface area contributed by atoms with Crippen LogP contribution >= 0.6 is 47.0 Å². The van der Waals surface area contributed by atoms with Gasteiger partial charge >= 0.3 is 0 Å². The average molecular weight is 1090 g/mol. The molecule has 6 aliphatic heterocycles. The van der Waals surface area contributed by atoms with Gasteiger partial charge in [0.25, 0.3) is 0 Å². The molecule has 6 heterocycles. The zero-order valence-electron chi connectivity index (χ0n) is 45.9. The molecule has 0 radical (unpaired) electrons. The summed E-state index contributed by atoms with van der Waals surface area (Å²) in [5, 5.41) is 0. The molecule has 4 aromatic carbocycles. The molecule has 0 amide bonds. The van der Waals surface area contributed by atoms with Gasteiger partial charge in [-0.2, -0.15) is 0 Å². The van der Waals surface area contributed by atoms with Crippen molar-refractivity contribution >= 4 is 47.0 Å². The van der Waals surface area contributed by atoms with Crippen LogP contribution in [0.15, 0.2) is 39.2 Å². The molecule has 4 aromatic rings. The Morgan fingerprint density at radius 3 is 0.527 bits per heavy atom. The van der Waals surface area contributed by atoms with Crippen molar-refractivity contribution in [3.63, 3.8) is 0 Å². The summed E-state index contributed by atoms with van der Waals surface area (Å²) in [4.78, 5) is 10.4. The van der Waals surface area contributed by atoms with Crippen molar-refractivity contribution in [2.45, 2.75) is 170 Å². The first-order valence-electron chi connectivity index (χ1n) is 26.9. The molecule has 10 rings (SSSR count). The largest absolute Gasteiger partial charge is 0.491 e. The standard InChI is InChI=1S/C60H76O10S4/c1-57(2,3)41-49-33-29-35-46-37-31-39-48-40-32-38-47(69-27-23-65-19-15-62-14-18-64-22-26-68-46)36-30-34(45(33)67-25-21-63-17-13-61-16-20-66-24-28-70-48)50(41)72-52(36)43(59(7,8)9)54(38)74-56(40)44(60(10,11)12)55(39)73-53(37)42(51(35)71-49)58(4,5)6/h13-32H2,1-12H3. The highest BCUT2D eigenvalue weighted by Gasteiger charge is 2.47. The first-order valence-corrected chi connectivity index (χ1v) is 30.2. The Balaban J connectivity index is 1.30. The fraction of sp³-hybridized carbons (Fsp3) is 0.600. The van der Waals surface area contributed by atoms with Gasteiger partial charge < -0.3 is 47.4 Å². The van der Waals surface area contributed by atoms with Crippen LogP contribution in [0.4, 0.5) is 0 Å². The summed E-state index contributed by atoms with van der Waals surface area (Å²) in [5.74, 6) is 3.85. The second kappa shape index (κ2) is 20.8. The SMILES string of the molecule is CC(C)(C)c1c2c3c4c5c1Sc1c(c6c7c(c1C(C)(C)C)Sc1c(c(c8c(c1C(C)(C)C)Sc1c(c(c(c(c1C(C)(C)C)S2)C3)OCCOCCOCCOCCO6)C8)OCCOCCOCCOCCO4)C7)C5. The molecule has 0 fully saturated rings. The highest BCUT2D eigenvalue weighted by molar-refractivity contribution is 8.01. The van der Waals surface area contributed by atoms with Crippen molar-refractivity contribution < 1.29 is 47.4 Å². The van der Waals surface area contributed by atoms with Gasteiger partial charge in [0.1, 0.15) is 49.4 Å². The number of ether oxygens (including phenoxy) is 10. The molecule has 0 aliphatic carbocycles. The van der Waals surface area contributed by atoms with Crippen molar-refractivity contribution in [3.8, 4) is 23.0 Å². The summed E-state index contributed by atoms with van der Waals surface area (Å²) in [6.07, 6.45) is 2.61.